The molecule has 0 saturated heterocycles. The quantitative estimate of drug-likeness (QED) is 0.710. The highest BCUT2D eigenvalue weighted by atomic mass is 16.4. The Hall–Kier alpha value is -1.71. The zero-order valence-corrected chi connectivity index (χ0v) is 8.53. The molecular weight excluding hydrogens is 180 g/mol. The Labute approximate surface area is 83.1 Å². The van der Waals surface area contributed by atoms with Crippen molar-refractivity contribution in [3.8, 4) is 0 Å². The number of amides is 1. The Balaban J connectivity index is 2.91. The first-order chi connectivity index (χ1) is 6.52. The predicted molar refractivity (Wildman–Crippen MR) is 55.3 cm³/mol. The molecule has 0 fully saturated rings. The molecule has 0 radical (unpaired) electrons. The molecule has 0 bridgehead atoms. The number of carbonyl (C=O) groups is 1. The Morgan fingerprint density at radius 3 is 2.29 bits per heavy atom. The smallest absolute Gasteiger partial charge is 0.425 e. The molecule has 76 valence electrons. The number of hydrogen-bond acceptors (Lipinski definition) is 2. The van der Waals surface area contributed by atoms with Crippen molar-refractivity contribution in [2.75, 3.05) is 12.5 Å². The summed E-state index contributed by atoms with van der Waals surface area (Å²) in [7, 11) is 1.47. The molecule has 0 atom stereocenters. The first-order valence-electron chi connectivity index (χ1n) is 4.32. The molecule has 0 unspecified atom stereocenters. The SMILES string of the molecule is Cc1cccc(C)c1NN(C)C(=O)O. The minimum absolute atomic E-state index is 0.845. The number of carboxylic acid groups (broad SMARTS) is 1. The summed E-state index contributed by atoms with van der Waals surface area (Å²) in [5.41, 5.74) is 5.71. The molecule has 1 amide bonds. The van der Waals surface area contributed by atoms with E-state index in [-0.39, 0.29) is 0 Å². The second kappa shape index (κ2) is 4.00. The molecule has 1 aromatic rings. The molecule has 2 N–H and O–H groups in total. The monoisotopic (exact) mass is 194 g/mol. The summed E-state index contributed by atoms with van der Waals surface area (Å²) < 4.78 is 0. The van der Waals surface area contributed by atoms with Crippen molar-refractivity contribution < 1.29 is 9.90 Å². The van der Waals surface area contributed by atoms with Crippen LogP contribution in [0.25, 0.3) is 0 Å². The fraction of sp³-hybridized carbons (Fsp3) is 0.300. The zero-order chi connectivity index (χ0) is 10.7. The van der Waals surface area contributed by atoms with Crippen LogP contribution in [0, 0.1) is 13.8 Å². The number of hydrogen-bond donors (Lipinski definition) is 2. The van der Waals surface area contributed by atoms with Crippen molar-refractivity contribution in [3.63, 3.8) is 0 Å². The number of hydrazine groups is 1. The van der Waals surface area contributed by atoms with Crippen molar-refractivity contribution in [1.29, 1.82) is 0 Å². The minimum atomic E-state index is -1.01. The van der Waals surface area contributed by atoms with Crippen LogP contribution >= 0.6 is 0 Å². The lowest BCUT2D eigenvalue weighted by Crippen LogP contribution is -2.31. The highest BCUT2D eigenvalue weighted by Gasteiger charge is 2.08. The lowest BCUT2D eigenvalue weighted by atomic mass is 10.1. The van der Waals surface area contributed by atoms with Crippen LogP contribution in [0.2, 0.25) is 0 Å². The molecule has 4 heteroatoms. The summed E-state index contributed by atoms with van der Waals surface area (Å²) in [5, 5.41) is 9.73. The summed E-state index contributed by atoms with van der Waals surface area (Å²) >= 11 is 0. The van der Waals surface area contributed by atoms with Crippen LogP contribution in [0.4, 0.5) is 10.5 Å². The number of aryl methyl sites for hydroxylation is 2. The lowest BCUT2D eigenvalue weighted by Gasteiger charge is -2.19. The molecular formula is C10H14N2O2. The van der Waals surface area contributed by atoms with E-state index < -0.39 is 6.09 Å². The normalized spacial score (nSPS) is 9.64. The van der Waals surface area contributed by atoms with E-state index in [2.05, 4.69) is 5.43 Å². The van der Waals surface area contributed by atoms with Crippen molar-refractivity contribution in [2.45, 2.75) is 13.8 Å². The molecule has 1 aromatic carbocycles. The Morgan fingerprint density at radius 2 is 1.86 bits per heavy atom. The van der Waals surface area contributed by atoms with Gasteiger partial charge in [0.15, 0.2) is 0 Å². The van der Waals surface area contributed by atoms with Crippen LogP contribution in [0.3, 0.4) is 0 Å². The first-order valence-corrected chi connectivity index (χ1v) is 4.32. The van der Waals surface area contributed by atoms with Gasteiger partial charge in [0.2, 0.25) is 0 Å². The van der Waals surface area contributed by atoms with Gasteiger partial charge in [0.05, 0.1) is 5.69 Å². The summed E-state index contributed by atoms with van der Waals surface area (Å²) in [4.78, 5) is 10.6. The number of para-hydroxylation sites is 1. The molecule has 0 aliphatic carbocycles. The van der Waals surface area contributed by atoms with Crippen molar-refractivity contribution in [2.24, 2.45) is 0 Å². The van der Waals surface area contributed by atoms with Crippen LogP contribution in [0.1, 0.15) is 11.1 Å². The molecule has 0 aliphatic rings. The van der Waals surface area contributed by atoms with Gasteiger partial charge < -0.3 is 5.11 Å². The maximum Gasteiger partial charge on any atom is 0.425 e. The van der Waals surface area contributed by atoms with E-state index in [4.69, 9.17) is 5.11 Å². The average molecular weight is 194 g/mol. The van der Waals surface area contributed by atoms with Crippen molar-refractivity contribution in [3.05, 3.63) is 29.3 Å². The van der Waals surface area contributed by atoms with Crippen LogP contribution < -0.4 is 5.43 Å². The third-order valence-electron chi connectivity index (χ3n) is 2.05. The largest absolute Gasteiger partial charge is 0.464 e. The van der Waals surface area contributed by atoms with E-state index in [0.29, 0.717) is 0 Å². The Bertz CT molecular complexity index is 330. The van der Waals surface area contributed by atoms with Gasteiger partial charge in [-0.15, -0.1) is 0 Å². The fourth-order valence-electron chi connectivity index (χ4n) is 1.21. The van der Waals surface area contributed by atoms with Crippen LogP contribution in [0.15, 0.2) is 18.2 Å². The summed E-state index contributed by atoms with van der Waals surface area (Å²) in [5.74, 6) is 0. The van der Waals surface area contributed by atoms with Gasteiger partial charge in [0.1, 0.15) is 0 Å². The number of rotatable bonds is 2. The van der Waals surface area contributed by atoms with E-state index in [1.54, 1.807) is 0 Å². The lowest BCUT2D eigenvalue weighted by molar-refractivity contribution is 0.164. The number of benzene rings is 1. The minimum Gasteiger partial charge on any atom is -0.464 e. The topological polar surface area (TPSA) is 52.6 Å². The predicted octanol–water partition coefficient (Wildman–Crippen LogP) is 2.24. The van der Waals surface area contributed by atoms with E-state index in [9.17, 15) is 4.79 Å². The third kappa shape index (κ3) is 2.16. The highest BCUT2D eigenvalue weighted by molar-refractivity contribution is 5.68. The maximum atomic E-state index is 10.6. The molecule has 4 nitrogen and oxygen atoms in total. The van der Waals surface area contributed by atoms with E-state index in [1.807, 2.05) is 32.0 Å². The van der Waals surface area contributed by atoms with Crippen molar-refractivity contribution >= 4 is 11.8 Å². The van der Waals surface area contributed by atoms with Gasteiger partial charge in [0, 0.05) is 7.05 Å². The van der Waals surface area contributed by atoms with Gasteiger partial charge in [-0.1, -0.05) is 18.2 Å². The number of nitrogens with zero attached hydrogens (tertiary/aromatic N) is 1. The van der Waals surface area contributed by atoms with E-state index in [0.717, 1.165) is 21.8 Å². The van der Waals surface area contributed by atoms with E-state index >= 15 is 0 Å². The second-order valence-corrected chi connectivity index (χ2v) is 3.22. The summed E-state index contributed by atoms with van der Waals surface area (Å²) in [6.07, 6.45) is -1.01. The van der Waals surface area contributed by atoms with Crippen LogP contribution in [0.5, 0.6) is 0 Å². The molecule has 14 heavy (non-hydrogen) atoms. The highest BCUT2D eigenvalue weighted by Crippen LogP contribution is 2.19. The van der Waals surface area contributed by atoms with Gasteiger partial charge in [-0.05, 0) is 25.0 Å². The molecule has 0 saturated carbocycles. The van der Waals surface area contributed by atoms with Gasteiger partial charge in [-0.2, -0.15) is 0 Å². The van der Waals surface area contributed by atoms with E-state index in [1.165, 1.54) is 7.05 Å². The van der Waals surface area contributed by atoms with Crippen molar-refractivity contribution in [1.82, 2.24) is 5.01 Å². The third-order valence-corrected chi connectivity index (χ3v) is 2.05. The fourth-order valence-corrected chi connectivity index (χ4v) is 1.21. The molecule has 0 aliphatic heterocycles. The number of anilines is 1. The van der Waals surface area contributed by atoms with Gasteiger partial charge in [-0.25, -0.2) is 9.80 Å². The average Bonchev–Trinajstić information content (AvgIpc) is 2.11. The summed E-state index contributed by atoms with van der Waals surface area (Å²) in [6.45, 7) is 3.87. The van der Waals surface area contributed by atoms with Gasteiger partial charge >= 0.3 is 6.09 Å². The molecule has 1 rings (SSSR count). The molecule has 0 aromatic heterocycles. The summed E-state index contributed by atoms with van der Waals surface area (Å²) in [6, 6.07) is 5.81. The second-order valence-electron chi connectivity index (χ2n) is 3.22. The van der Waals surface area contributed by atoms with Crippen LogP contribution in [-0.4, -0.2) is 23.3 Å². The van der Waals surface area contributed by atoms with Crippen LogP contribution in [-0.2, 0) is 0 Å². The van der Waals surface area contributed by atoms with Gasteiger partial charge in [0.25, 0.3) is 0 Å². The number of nitrogens with one attached hydrogen (secondary N) is 1. The van der Waals surface area contributed by atoms with Gasteiger partial charge in [-0.3, -0.25) is 5.43 Å². The Kier molecular flexibility index (Phi) is 2.96. The molecule has 0 heterocycles. The first kappa shape index (κ1) is 10.4. The maximum absolute atomic E-state index is 10.6. The molecule has 0 spiro atoms. The Morgan fingerprint density at radius 1 is 1.36 bits per heavy atom. The standard InChI is InChI=1S/C10H14N2O2/c1-7-5-4-6-8(2)9(7)11-12(3)10(13)14/h4-6,11H,1-3H3,(H,13,14). The zero-order valence-electron chi connectivity index (χ0n) is 8.53.